The summed E-state index contributed by atoms with van der Waals surface area (Å²) in [7, 11) is 0. The summed E-state index contributed by atoms with van der Waals surface area (Å²) in [5, 5.41) is 13.8. The molecule has 0 aliphatic carbocycles. The van der Waals surface area contributed by atoms with Crippen LogP contribution in [-0.2, 0) is 25.5 Å². The Morgan fingerprint density at radius 1 is 1.06 bits per heavy atom. The minimum absolute atomic E-state index is 0.0658. The third kappa shape index (κ3) is 7.09. The van der Waals surface area contributed by atoms with Crippen molar-refractivity contribution in [1.29, 1.82) is 0 Å². The zero-order chi connectivity index (χ0) is 24.9. The van der Waals surface area contributed by atoms with Crippen molar-refractivity contribution in [1.82, 2.24) is 10.6 Å². The monoisotopic (exact) mass is 468 g/mol. The van der Waals surface area contributed by atoms with Crippen LogP contribution in [0.15, 0.2) is 54.3 Å². The highest BCUT2D eigenvalue weighted by atomic mass is 16.6. The van der Waals surface area contributed by atoms with Gasteiger partial charge in [0.25, 0.3) is 5.91 Å². The van der Waals surface area contributed by atoms with Crippen molar-refractivity contribution in [2.75, 3.05) is 0 Å². The Labute approximate surface area is 195 Å². The molecule has 2 aromatic carbocycles. The SMILES string of the molecule is CC(C)(C)OC(=O)NC(Cc1ccc(Oc2ccc(/C=C3/OC(=O)NC3=O)cc2)cc1)C(=O)O. The van der Waals surface area contributed by atoms with Gasteiger partial charge in [0.1, 0.15) is 23.1 Å². The summed E-state index contributed by atoms with van der Waals surface area (Å²) < 4.78 is 15.7. The van der Waals surface area contributed by atoms with E-state index >= 15 is 0 Å². The fraction of sp³-hybridized carbons (Fsp3) is 0.250. The molecule has 0 radical (unpaired) electrons. The summed E-state index contributed by atoms with van der Waals surface area (Å²) in [6.45, 7) is 5.07. The van der Waals surface area contributed by atoms with Crippen LogP contribution in [0.5, 0.6) is 11.5 Å². The molecule has 34 heavy (non-hydrogen) atoms. The number of benzene rings is 2. The maximum absolute atomic E-state index is 11.9. The molecule has 10 heteroatoms. The molecule has 0 saturated carbocycles. The average molecular weight is 468 g/mol. The Hall–Kier alpha value is -4.34. The number of carbonyl (C=O) groups is 4. The van der Waals surface area contributed by atoms with E-state index in [-0.39, 0.29) is 12.2 Å². The molecule has 2 aromatic rings. The van der Waals surface area contributed by atoms with Crippen LogP contribution in [0.4, 0.5) is 9.59 Å². The summed E-state index contributed by atoms with van der Waals surface area (Å²) in [4.78, 5) is 46.0. The number of carboxylic acids is 1. The number of imide groups is 1. The number of cyclic esters (lactones) is 1. The molecule has 3 amide bonds. The molecule has 1 unspecified atom stereocenters. The van der Waals surface area contributed by atoms with Crippen molar-refractivity contribution < 1.29 is 38.5 Å². The first kappa shape index (κ1) is 24.3. The topological polar surface area (TPSA) is 140 Å². The number of nitrogens with one attached hydrogen (secondary N) is 2. The Morgan fingerprint density at radius 2 is 1.65 bits per heavy atom. The van der Waals surface area contributed by atoms with Crippen LogP contribution >= 0.6 is 0 Å². The van der Waals surface area contributed by atoms with Crippen molar-refractivity contribution in [2.24, 2.45) is 0 Å². The molecule has 0 bridgehead atoms. The van der Waals surface area contributed by atoms with Gasteiger partial charge in [-0.15, -0.1) is 0 Å². The van der Waals surface area contributed by atoms with Gasteiger partial charge in [0.05, 0.1) is 0 Å². The molecule has 1 heterocycles. The Kier molecular flexibility index (Phi) is 7.20. The van der Waals surface area contributed by atoms with Gasteiger partial charge in [-0.1, -0.05) is 24.3 Å². The second-order valence-corrected chi connectivity index (χ2v) is 8.41. The van der Waals surface area contributed by atoms with E-state index in [4.69, 9.17) is 14.2 Å². The molecular formula is C24H24N2O8. The third-order valence-corrected chi connectivity index (χ3v) is 4.41. The first-order chi connectivity index (χ1) is 16.0. The van der Waals surface area contributed by atoms with Crippen molar-refractivity contribution in [2.45, 2.75) is 38.8 Å². The Morgan fingerprint density at radius 3 is 2.15 bits per heavy atom. The van der Waals surface area contributed by atoms with E-state index in [1.54, 1.807) is 69.3 Å². The normalized spacial score (nSPS) is 15.3. The highest BCUT2D eigenvalue weighted by Gasteiger charge is 2.26. The standard InChI is InChI=1S/C24H24N2O8/c1-24(2,3)34-23(31)25-18(21(28)29)12-14-4-8-16(9-5-14)32-17-10-6-15(7-11-17)13-19-20(27)26-22(30)33-19/h4-11,13,18H,12H2,1-3H3,(H,25,31)(H,28,29)(H,26,27,30)/b19-13+. The van der Waals surface area contributed by atoms with E-state index in [9.17, 15) is 24.3 Å². The maximum atomic E-state index is 11.9. The predicted octanol–water partition coefficient (Wildman–Crippen LogP) is 3.61. The van der Waals surface area contributed by atoms with E-state index in [2.05, 4.69) is 5.32 Å². The molecule has 10 nitrogen and oxygen atoms in total. The fourth-order valence-corrected chi connectivity index (χ4v) is 2.92. The highest BCUT2D eigenvalue weighted by Crippen LogP contribution is 2.23. The second kappa shape index (κ2) is 10.1. The van der Waals surface area contributed by atoms with Crippen LogP contribution in [0.25, 0.3) is 6.08 Å². The van der Waals surface area contributed by atoms with Gasteiger partial charge >= 0.3 is 18.2 Å². The van der Waals surface area contributed by atoms with Crippen LogP contribution < -0.4 is 15.4 Å². The Balaban J connectivity index is 1.59. The van der Waals surface area contributed by atoms with Crippen molar-refractivity contribution in [3.8, 4) is 11.5 Å². The van der Waals surface area contributed by atoms with Crippen molar-refractivity contribution >= 4 is 30.1 Å². The minimum atomic E-state index is -1.17. The van der Waals surface area contributed by atoms with E-state index < -0.39 is 35.7 Å². The van der Waals surface area contributed by atoms with E-state index in [1.807, 2.05) is 5.32 Å². The fourth-order valence-electron chi connectivity index (χ4n) is 2.92. The van der Waals surface area contributed by atoms with Gasteiger partial charge in [-0.25, -0.2) is 14.4 Å². The second-order valence-electron chi connectivity index (χ2n) is 8.41. The summed E-state index contributed by atoms with van der Waals surface area (Å²) in [6.07, 6.45) is -0.111. The van der Waals surface area contributed by atoms with Crippen molar-refractivity contribution in [3.05, 3.63) is 65.4 Å². The summed E-state index contributed by atoms with van der Waals surface area (Å²) in [5.74, 6) is -0.818. The molecule has 1 aliphatic rings. The van der Waals surface area contributed by atoms with Gasteiger partial charge in [-0.2, -0.15) is 0 Å². The number of hydrogen-bond acceptors (Lipinski definition) is 7. The molecule has 1 aliphatic heterocycles. The number of carbonyl (C=O) groups excluding carboxylic acids is 3. The molecule has 1 atom stereocenters. The number of carboxylic acid groups (broad SMARTS) is 1. The molecule has 0 aromatic heterocycles. The Bertz CT molecular complexity index is 1120. The lowest BCUT2D eigenvalue weighted by Gasteiger charge is -2.22. The maximum Gasteiger partial charge on any atom is 0.419 e. The average Bonchev–Trinajstić information content (AvgIpc) is 3.05. The van der Waals surface area contributed by atoms with Crippen LogP contribution in [0.1, 0.15) is 31.9 Å². The lowest BCUT2D eigenvalue weighted by molar-refractivity contribution is -0.139. The van der Waals surface area contributed by atoms with Gasteiger partial charge < -0.3 is 24.6 Å². The van der Waals surface area contributed by atoms with E-state index in [0.29, 0.717) is 22.6 Å². The lowest BCUT2D eigenvalue weighted by Crippen LogP contribution is -2.44. The number of hydrogen-bond donors (Lipinski definition) is 3. The lowest BCUT2D eigenvalue weighted by atomic mass is 10.1. The smallest absolute Gasteiger partial charge is 0.419 e. The quantitative estimate of drug-likeness (QED) is 0.524. The summed E-state index contributed by atoms with van der Waals surface area (Å²) >= 11 is 0. The first-order valence-corrected chi connectivity index (χ1v) is 10.3. The van der Waals surface area contributed by atoms with Gasteiger partial charge in [-0.05, 0) is 62.2 Å². The number of aliphatic carboxylic acids is 1. The van der Waals surface area contributed by atoms with Crippen LogP contribution in [0.3, 0.4) is 0 Å². The molecule has 1 fully saturated rings. The highest BCUT2D eigenvalue weighted by molar-refractivity contribution is 6.09. The zero-order valence-corrected chi connectivity index (χ0v) is 18.8. The summed E-state index contributed by atoms with van der Waals surface area (Å²) in [6, 6.07) is 12.4. The van der Waals surface area contributed by atoms with Crippen LogP contribution in [-0.4, -0.2) is 40.8 Å². The van der Waals surface area contributed by atoms with E-state index in [1.165, 1.54) is 6.08 Å². The molecular weight excluding hydrogens is 444 g/mol. The van der Waals surface area contributed by atoms with Gasteiger partial charge in [0.2, 0.25) is 0 Å². The number of amides is 3. The largest absolute Gasteiger partial charge is 0.480 e. The van der Waals surface area contributed by atoms with Gasteiger partial charge in [0, 0.05) is 6.42 Å². The molecule has 3 rings (SSSR count). The number of alkyl carbamates (subject to hydrolysis) is 2. The third-order valence-electron chi connectivity index (χ3n) is 4.41. The minimum Gasteiger partial charge on any atom is -0.480 e. The van der Waals surface area contributed by atoms with Crippen LogP contribution in [0, 0.1) is 0 Å². The molecule has 3 N–H and O–H groups in total. The van der Waals surface area contributed by atoms with Crippen molar-refractivity contribution in [3.63, 3.8) is 0 Å². The number of ether oxygens (including phenoxy) is 3. The molecule has 1 saturated heterocycles. The molecule has 178 valence electrons. The number of rotatable bonds is 7. The van der Waals surface area contributed by atoms with E-state index in [0.717, 1.165) is 0 Å². The van der Waals surface area contributed by atoms with Gasteiger partial charge in [0.15, 0.2) is 5.76 Å². The first-order valence-electron chi connectivity index (χ1n) is 10.3. The zero-order valence-electron chi connectivity index (χ0n) is 18.8. The van der Waals surface area contributed by atoms with Gasteiger partial charge in [-0.3, -0.25) is 10.1 Å². The summed E-state index contributed by atoms with van der Waals surface area (Å²) in [5.41, 5.74) is 0.584. The van der Waals surface area contributed by atoms with Crippen LogP contribution in [0.2, 0.25) is 0 Å². The predicted molar refractivity (Wildman–Crippen MR) is 120 cm³/mol. The molecule has 0 spiro atoms.